The zero-order valence-electron chi connectivity index (χ0n) is 10.1. The van der Waals surface area contributed by atoms with Gasteiger partial charge < -0.3 is 10.0 Å². The molecule has 1 amide bonds. The molecule has 0 aliphatic rings. The fourth-order valence-electron chi connectivity index (χ4n) is 1.53. The highest BCUT2D eigenvalue weighted by Crippen LogP contribution is 2.25. The first-order chi connectivity index (χ1) is 9.36. The molecule has 0 aliphatic carbocycles. The number of benzene rings is 1. The number of hydrogen-bond acceptors (Lipinski definition) is 4. The first-order valence-electron chi connectivity index (χ1n) is 5.49. The molecule has 0 fully saturated rings. The molecule has 6 nitrogen and oxygen atoms in total. The highest BCUT2D eigenvalue weighted by Gasteiger charge is 2.21. The monoisotopic (exact) mass is 308 g/mol. The van der Waals surface area contributed by atoms with Gasteiger partial charge >= 0.3 is 0 Å². The van der Waals surface area contributed by atoms with E-state index in [1.165, 1.54) is 0 Å². The van der Waals surface area contributed by atoms with Gasteiger partial charge in [-0.25, -0.2) is 8.78 Å². The van der Waals surface area contributed by atoms with E-state index >= 15 is 0 Å². The molecule has 0 aliphatic heterocycles. The summed E-state index contributed by atoms with van der Waals surface area (Å²) in [6.45, 7) is -1.58. The molecule has 9 heteroatoms. The predicted molar refractivity (Wildman–Crippen MR) is 67.1 cm³/mol. The third-order valence-electron chi connectivity index (χ3n) is 2.41. The summed E-state index contributed by atoms with van der Waals surface area (Å²) >= 11 is 5.65. The molecule has 0 heterocycles. The maximum atomic E-state index is 12.3. The summed E-state index contributed by atoms with van der Waals surface area (Å²) < 4.78 is 24.7. The van der Waals surface area contributed by atoms with Crippen molar-refractivity contribution in [1.82, 2.24) is 4.90 Å². The van der Waals surface area contributed by atoms with Crippen molar-refractivity contribution < 1.29 is 23.6 Å². The standard InChI is InChI=1S/C11H11ClF2N2O4/c12-8-5-7(1-2-9(8)16(19)20)11(18)15(3-4-17)6-10(13)14/h1-2,5,10,17H,3-4,6H2. The second-order valence-electron chi connectivity index (χ2n) is 3.79. The number of aliphatic hydroxyl groups is 1. The van der Waals surface area contributed by atoms with Gasteiger partial charge in [0.25, 0.3) is 18.0 Å². The highest BCUT2D eigenvalue weighted by molar-refractivity contribution is 6.33. The number of hydrogen-bond donors (Lipinski definition) is 1. The third kappa shape index (κ3) is 4.10. The molecule has 1 aromatic rings. The minimum Gasteiger partial charge on any atom is -0.395 e. The van der Waals surface area contributed by atoms with Crippen molar-refractivity contribution in [1.29, 1.82) is 0 Å². The number of carbonyl (C=O) groups excluding carboxylic acids is 1. The molecule has 1 N–H and O–H groups in total. The van der Waals surface area contributed by atoms with Gasteiger partial charge in [0, 0.05) is 18.2 Å². The Bertz CT molecular complexity index is 513. The van der Waals surface area contributed by atoms with Gasteiger partial charge in [-0.3, -0.25) is 14.9 Å². The number of nitro groups is 1. The van der Waals surface area contributed by atoms with Crippen LogP contribution in [0.2, 0.25) is 5.02 Å². The first-order valence-corrected chi connectivity index (χ1v) is 5.86. The zero-order valence-corrected chi connectivity index (χ0v) is 10.9. The molecule has 110 valence electrons. The van der Waals surface area contributed by atoms with Gasteiger partial charge in [-0.1, -0.05) is 11.6 Å². The summed E-state index contributed by atoms with van der Waals surface area (Å²) in [5, 5.41) is 19.1. The predicted octanol–water partition coefficient (Wildman–Crippen LogP) is 1.95. The fraction of sp³-hybridized carbons (Fsp3) is 0.364. The van der Waals surface area contributed by atoms with Crippen molar-refractivity contribution in [3.05, 3.63) is 38.9 Å². The van der Waals surface area contributed by atoms with E-state index in [1.54, 1.807) is 0 Å². The van der Waals surface area contributed by atoms with Crippen molar-refractivity contribution >= 4 is 23.2 Å². The quantitative estimate of drug-likeness (QED) is 0.643. The Kier molecular flexibility index (Phi) is 5.78. The van der Waals surface area contributed by atoms with Crippen molar-refractivity contribution in [2.75, 3.05) is 19.7 Å². The molecule has 1 rings (SSSR count). The molecular formula is C11H11ClF2N2O4. The van der Waals surface area contributed by atoms with Crippen LogP contribution in [0.1, 0.15) is 10.4 Å². The summed E-state index contributed by atoms with van der Waals surface area (Å²) in [6, 6.07) is 3.19. The zero-order chi connectivity index (χ0) is 15.3. The smallest absolute Gasteiger partial charge is 0.287 e. The van der Waals surface area contributed by atoms with E-state index < -0.39 is 30.4 Å². The highest BCUT2D eigenvalue weighted by atomic mass is 35.5. The minimum atomic E-state index is -2.75. The van der Waals surface area contributed by atoms with E-state index in [1.807, 2.05) is 0 Å². The van der Waals surface area contributed by atoms with Crippen LogP contribution in [-0.4, -0.2) is 47.0 Å². The van der Waals surface area contributed by atoms with Gasteiger partial charge in [-0.2, -0.15) is 0 Å². The average Bonchev–Trinajstić information content (AvgIpc) is 2.36. The van der Waals surface area contributed by atoms with Gasteiger partial charge in [-0.15, -0.1) is 0 Å². The molecule has 0 aromatic heterocycles. The van der Waals surface area contributed by atoms with Crippen LogP contribution >= 0.6 is 11.6 Å². The Morgan fingerprint density at radius 2 is 2.15 bits per heavy atom. The van der Waals surface area contributed by atoms with Crippen LogP contribution < -0.4 is 0 Å². The second-order valence-corrected chi connectivity index (χ2v) is 4.20. The number of amides is 1. The van der Waals surface area contributed by atoms with Crippen LogP contribution in [0.5, 0.6) is 0 Å². The minimum absolute atomic E-state index is 0.0605. The summed E-state index contributed by atoms with van der Waals surface area (Å²) in [4.78, 5) is 22.6. The lowest BCUT2D eigenvalue weighted by Gasteiger charge is -2.21. The SMILES string of the molecule is O=C(c1ccc([N+](=O)[O-])c(Cl)c1)N(CCO)CC(F)F. The number of aliphatic hydroxyl groups excluding tert-OH is 1. The van der Waals surface area contributed by atoms with Crippen LogP contribution in [0.4, 0.5) is 14.5 Å². The van der Waals surface area contributed by atoms with Gasteiger partial charge in [-0.05, 0) is 12.1 Å². The number of carbonyl (C=O) groups is 1. The van der Waals surface area contributed by atoms with E-state index in [-0.39, 0.29) is 22.8 Å². The van der Waals surface area contributed by atoms with E-state index in [0.29, 0.717) is 0 Å². The molecule has 0 saturated carbocycles. The Morgan fingerprint density at radius 3 is 2.60 bits per heavy atom. The molecule has 0 saturated heterocycles. The number of nitrogens with zero attached hydrogens (tertiary/aromatic N) is 2. The lowest BCUT2D eigenvalue weighted by Crippen LogP contribution is -2.37. The van der Waals surface area contributed by atoms with Crippen molar-refractivity contribution in [2.45, 2.75) is 6.43 Å². The molecule has 0 bridgehead atoms. The molecule has 20 heavy (non-hydrogen) atoms. The Balaban J connectivity index is 3.00. The number of alkyl halides is 2. The molecule has 0 unspecified atom stereocenters. The van der Waals surface area contributed by atoms with Crippen molar-refractivity contribution in [2.24, 2.45) is 0 Å². The Hall–Kier alpha value is -1.80. The maximum absolute atomic E-state index is 12.3. The Morgan fingerprint density at radius 1 is 1.50 bits per heavy atom. The van der Waals surface area contributed by atoms with Crippen molar-refractivity contribution in [3.8, 4) is 0 Å². The lowest BCUT2D eigenvalue weighted by molar-refractivity contribution is -0.384. The molecule has 0 radical (unpaired) electrons. The maximum Gasteiger partial charge on any atom is 0.287 e. The van der Waals surface area contributed by atoms with E-state index in [2.05, 4.69) is 0 Å². The molecular weight excluding hydrogens is 298 g/mol. The number of halogens is 3. The fourth-order valence-corrected chi connectivity index (χ4v) is 1.78. The van der Waals surface area contributed by atoms with E-state index in [9.17, 15) is 23.7 Å². The van der Waals surface area contributed by atoms with Crippen molar-refractivity contribution in [3.63, 3.8) is 0 Å². The normalized spacial score (nSPS) is 10.7. The third-order valence-corrected chi connectivity index (χ3v) is 2.71. The largest absolute Gasteiger partial charge is 0.395 e. The molecule has 0 spiro atoms. The van der Waals surface area contributed by atoms with E-state index in [0.717, 1.165) is 23.1 Å². The number of nitro benzene ring substituents is 1. The van der Waals surface area contributed by atoms with Gasteiger partial charge in [0.2, 0.25) is 0 Å². The van der Waals surface area contributed by atoms with Crippen LogP contribution in [-0.2, 0) is 0 Å². The molecule has 1 aromatic carbocycles. The second kappa shape index (κ2) is 7.11. The summed E-state index contributed by atoms with van der Waals surface area (Å²) in [5.74, 6) is -0.781. The lowest BCUT2D eigenvalue weighted by atomic mass is 10.1. The van der Waals surface area contributed by atoms with Crippen LogP contribution in [0, 0.1) is 10.1 Å². The summed E-state index contributed by atoms with van der Waals surface area (Å²) in [5.41, 5.74) is -0.444. The summed E-state index contributed by atoms with van der Waals surface area (Å²) in [7, 11) is 0. The Labute approximate surface area is 117 Å². The van der Waals surface area contributed by atoms with Gasteiger partial charge in [0.15, 0.2) is 0 Å². The van der Waals surface area contributed by atoms with Crippen LogP contribution in [0.15, 0.2) is 18.2 Å². The van der Waals surface area contributed by atoms with Crippen LogP contribution in [0.25, 0.3) is 0 Å². The first kappa shape index (κ1) is 16.3. The molecule has 0 atom stereocenters. The van der Waals surface area contributed by atoms with Crippen LogP contribution in [0.3, 0.4) is 0 Å². The number of rotatable bonds is 6. The van der Waals surface area contributed by atoms with Gasteiger partial charge in [0.1, 0.15) is 5.02 Å². The topological polar surface area (TPSA) is 83.7 Å². The van der Waals surface area contributed by atoms with E-state index in [4.69, 9.17) is 16.7 Å². The average molecular weight is 309 g/mol. The summed E-state index contributed by atoms with van der Waals surface area (Å²) in [6.07, 6.45) is -2.75. The van der Waals surface area contributed by atoms with Gasteiger partial charge in [0.05, 0.1) is 18.1 Å².